The standard InChI is InChI=1S/C26H30N2O5S/c1-3-33-25-14-8-7-10-21(25)11-9-19-27-26(29)20-28(22-12-5-4-6-13-22)34(30,31)24-17-15-23(32-2)16-18-24/h4-8,10,12-18H,3,9,11,19-20H2,1-2H3,(H,27,29). The van der Waals surface area contributed by atoms with Gasteiger partial charge in [0.15, 0.2) is 0 Å². The van der Waals surface area contributed by atoms with Crippen LogP contribution in [0.2, 0.25) is 0 Å². The average molecular weight is 483 g/mol. The van der Waals surface area contributed by atoms with E-state index in [9.17, 15) is 13.2 Å². The molecule has 0 saturated heterocycles. The van der Waals surface area contributed by atoms with Crippen molar-refractivity contribution in [1.82, 2.24) is 5.32 Å². The van der Waals surface area contributed by atoms with E-state index in [1.165, 1.54) is 19.2 Å². The van der Waals surface area contributed by atoms with Gasteiger partial charge in [-0.1, -0.05) is 36.4 Å². The van der Waals surface area contributed by atoms with Crippen molar-refractivity contribution in [1.29, 1.82) is 0 Å². The van der Waals surface area contributed by atoms with Gasteiger partial charge >= 0.3 is 0 Å². The normalized spacial score (nSPS) is 11.0. The number of methoxy groups -OCH3 is 1. The zero-order valence-corrected chi connectivity index (χ0v) is 20.3. The molecule has 180 valence electrons. The van der Waals surface area contributed by atoms with Gasteiger partial charge in [-0.25, -0.2) is 8.42 Å². The fourth-order valence-corrected chi connectivity index (χ4v) is 4.90. The van der Waals surface area contributed by atoms with Gasteiger partial charge in [-0.3, -0.25) is 9.10 Å². The SMILES string of the molecule is CCOc1ccccc1CCCNC(=O)CN(c1ccccc1)S(=O)(=O)c1ccc(OC)cc1. The van der Waals surface area contributed by atoms with Gasteiger partial charge in [-0.15, -0.1) is 0 Å². The molecule has 34 heavy (non-hydrogen) atoms. The maximum atomic E-state index is 13.4. The first-order chi connectivity index (χ1) is 16.5. The number of anilines is 1. The number of carbonyl (C=O) groups is 1. The Kier molecular flexibility index (Phi) is 8.93. The van der Waals surface area contributed by atoms with Crippen molar-refractivity contribution in [3.8, 4) is 11.5 Å². The zero-order chi connectivity index (χ0) is 24.4. The van der Waals surface area contributed by atoms with Gasteiger partial charge < -0.3 is 14.8 Å². The monoisotopic (exact) mass is 482 g/mol. The van der Waals surface area contributed by atoms with Crippen LogP contribution in [-0.4, -0.2) is 41.1 Å². The molecule has 3 rings (SSSR count). The third-order valence-corrected chi connectivity index (χ3v) is 6.98. The maximum Gasteiger partial charge on any atom is 0.264 e. The van der Waals surface area contributed by atoms with Crippen molar-refractivity contribution < 1.29 is 22.7 Å². The summed E-state index contributed by atoms with van der Waals surface area (Å²) in [5.74, 6) is 1.02. The number of amides is 1. The number of carbonyl (C=O) groups excluding carboxylic acids is 1. The number of nitrogens with zero attached hydrogens (tertiary/aromatic N) is 1. The lowest BCUT2D eigenvalue weighted by molar-refractivity contribution is -0.119. The summed E-state index contributed by atoms with van der Waals surface area (Å²) in [5.41, 5.74) is 1.49. The quantitative estimate of drug-likeness (QED) is 0.394. The lowest BCUT2D eigenvalue weighted by Gasteiger charge is -2.24. The van der Waals surface area contributed by atoms with Gasteiger partial charge in [0.25, 0.3) is 10.0 Å². The largest absolute Gasteiger partial charge is 0.497 e. The minimum absolute atomic E-state index is 0.0810. The molecule has 1 N–H and O–H groups in total. The zero-order valence-electron chi connectivity index (χ0n) is 19.4. The second kappa shape index (κ2) is 12.1. The van der Waals surface area contributed by atoms with E-state index in [4.69, 9.17) is 9.47 Å². The van der Waals surface area contributed by atoms with Crippen LogP contribution in [0.15, 0.2) is 83.8 Å². The Hall–Kier alpha value is -3.52. The summed E-state index contributed by atoms with van der Waals surface area (Å²) in [6.07, 6.45) is 1.44. The van der Waals surface area contributed by atoms with Gasteiger partial charge in [-0.2, -0.15) is 0 Å². The summed E-state index contributed by atoms with van der Waals surface area (Å²) in [6, 6.07) is 22.5. The van der Waals surface area contributed by atoms with E-state index in [-0.39, 0.29) is 17.3 Å². The summed E-state index contributed by atoms with van der Waals surface area (Å²) in [7, 11) is -2.45. The number of aryl methyl sites for hydroxylation is 1. The molecule has 3 aromatic rings. The van der Waals surface area contributed by atoms with Gasteiger partial charge in [0.1, 0.15) is 18.0 Å². The second-order valence-electron chi connectivity index (χ2n) is 7.52. The van der Waals surface area contributed by atoms with Crippen molar-refractivity contribution in [2.45, 2.75) is 24.7 Å². The summed E-state index contributed by atoms with van der Waals surface area (Å²) in [5, 5.41) is 2.84. The molecule has 0 aliphatic rings. The summed E-state index contributed by atoms with van der Waals surface area (Å²) in [4.78, 5) is 12.8. The minimum Gasteiger partial charge on any atom is -0.497 e. The average Bonchev–Trinajstić information content (AvgIpc) is 2.86. The van der Waals surface area contributed by atoms with Crippen molar-refractivity contribution >= 4 is 21.6 Å². The van der Waals surface area contributed by atoms with Crippen LogP contribution in [0.1, 0.15) is 18.9 Å². The predicted molar refractivity (Wildman–Crippen MR) is 133 cm³/mol. The lowest BCUT2D eigenvalue weighted by Crippen LogP contribution is -2.41. The molecule has 0 unspecified atom stereocenters. The third kappa shape index (κ3) is 6.51. The van der Waals surface area contributed by atoms with Crippen molar-refractivity contribution in [2.24, 2.45) is 0 Å². The molecule has 8 heteroatoms. The minimum atomic E-state index is -3.96. The second-order valence-corrected chi connectivity index (χ2v) is 9.38. The predicted octanol–water partition coefficient (Wildman–Crippen LogP) is 4.04. The lowest BCUT2D eigenvalue weighted by atomic mass is 10.1. The Labute approximate surface area is 201 Å². The Balaban J connectivity index is 1.67. The van der Waals surface area contributed by atoms with Crippen molar-refractivity contribution in [2.75, 3.05) is 31.1 Å². The number of hydrogen-bond donors (Lipinski definition) is 1. The Morgan fingerprint density at radius 3 is 2.29 bits per heavy atom. The van der Waals surface area contributed by atoms with E-state index >= 15 is 0 Å². The molecular formula is C26H30N2O5S. The van der Waals surface area contributed by atoms with E-state index < -0.39 is 10.0 Å². The van der Waals surface area contributed by atoms with E-state index in [2.05, 4.69) is 5.32 Å². The Morgan fingerprint density at radius 2 is 1.62 bits per heavy atom. The van der Waals surface area contributed by atoms with Gasteiger partial charge in [-0.05, 0) is 67.8 Å². The highest BCUT2D eigenvalue weighted by atomic mass is 32.2. The maximum absolute atomic E-state index is 13.4. The molecule has 0 bridgehead atoms. The first-order valence-corrected chi connectivity index (χ1v) is 12.6. The number of nitrogens with one attached hydrogen (secondary N) is 1. The number of para-hydroxylation sites is 2. The van der Waals surface area contributed by atoms with E-state index in [1.807, 2.05) is 31.2 Å². The third-order valence-electron chi connectivity index (χ3n) is 5.20. The van der Waals surface area contributed by atoms with Crippen LogP contribution >= 0.6 is 0 Å². The molecule has 1 amide bonds. The van der Waals surface area contributed by atoms with E-state index in [1.54, 1.807) is 42.5 Å². The molecule has 0 heterocycles. The van der Waals surface area contributed by atoms with Gasteiger partial charge in [0, 0.05) is 6.54 Å². The highest BCUT2D eigenvalue weighted by Crippen LogP contribution is 2.25. The summed E-state index contributed by atoms with van der Waals surface area (Å²) >= 11 is 0. The molecule has 7 nitrogen and oxygen atoms in total. The highest BCUT2D eigenvalue weighted by Gasteiger charge is 2.27. The molecule has 0 spiro atoms. The van der Waals surface area contributed by atoms with Crippen LogP contribution in [0.3, 0.4) is 0 Å². The highest BCUT2D eigenvalue weighted by molar-refractivity contribution is 7.92. The Bertz CT molecular complexity index is 1170. The number of sulfonamides is 1. The molecule has 3 aromatic carbocycles. The van der Waals surface area contributed by atoms with E-state index in [0.29, 0.717) is 31.0 Å². The molecule has 0 fully saturated rings. The molecule has 0 aliphatic heterocycles. The van der Waals surface area contributed by atoms with Crippen LogP contribution in [0.5, 0.6) is 11.5 Å². The fourth-order valence-electron chi connectivity index (χ4n) is 3.48. The molecule has 0 aromatic heterocycles. The van der Waals surface area contributed by atoms with Crippen LogP contribution in [0, 0.1) is 0 Å². The number of hydrogen-bond acceptors (Lipinski definition) is 5. The summed E-state index contributed by atoms with van der Waals surface area (Å²) in [6.45, 7) is 2.62. The van der Waals surface area contributed by atoms with Gasteiger partial charge in [0.2, 0.25) is 5.91 Å². The molecule has 0 aliphatic carbocycles. The molecule has 0 saturated carbocycles. The van der Waals surface area contributed by atoms with Crippen LogP contribution in [0.4, 0.5) is 5.69 Å². The number of ether oxygens (including phenoxy) is 2. The van der Waals surface area contributed by atoms with E-state index in [0.717, 1.165) is 22.0 Å². The molecular weight excluding hydrogens is 452 g/mol. The molecule has 0 radical (unpaired) electrons. The van der Waals surface area contributed by atoms with Crippen molar-refractivity contribution in [3.63, 3.8) is 0 Å². The smallest absolute Gasteiger partial charge is 0.264 e. The Morgan fingerprint density at radius 1 is 0.941 bits per heavy atom. The van der Waals surface area contributed by atoms with Crippen LogP contribution < -0.4 is 19.1 Å². The van der Waals surface area contributed by atoms with Crippen LogP contribution in [0.25, 0.3) is 0 Å². The first-order valence-electron chi connectivity index (χ1n) is 11.1. The first kappa shape index (κ1) is 25.1. The number of benzene rings is 3. The number of rotatable bonds is 12. The summed E-state index contributed by atoms with van der Waals surface area (Å²) < 4.78 is 38.6. The fraction of sp³-hybridized carbons (Fsp3) is 0.269. The topological polar surface area (TPSA) is 84.9 Å². The van der Waals surface area contributed by atoms with Crippen LogP contribution in [-0.2, 0) is 21.2 Å². The van der Waals surface area contributed by atoms with Crippen molar-refractivity contribution in [3.05, 3.63) is 84.4 Å². The van der Waals surface area contributed by atoms with Gasteiger partial charge in [0.05, 0.1) is 24.3 Å². The molecule has 0 atom stereocenters.